The second-order valence-electron chi connectivity index (χ2n) is 9.73. The van der Waals surface area contributed by atoms with Gasteiger partial charge in [-0.25, -0.2) is 0 Å². The molecular weight excluding hydrogens is 375 g/mol. The average molecular weight is 411 g/mol. The van der Waals surface area contributed by atoms with E-state index in [0.717, 1.165) is 28.7 Å². The van der Waals surface area contributed by atoms with Crippen molar-refractivity contribution in [2.75, 3.05) is 0 Å². The fourth-order valence-corrected chi connectivity index (χ4v) is 4.80. The maximum absolute atomic E-state index is 14.0. The number of carbonyl (C=O) groups excluding carboxylic acids is 2. The van der Waals surface area contributed by atoms with Crippen LogP contribution in [0.3, 0.4) is 0 Å². The van der Waals surface area contributed by atoms with Crippen LogP contribution in [0.4, 0.5) is 0 Å². The molecule has 0 amide bonds. The quantitative estimate of drug-likeness (QED) is 0.303. The molecule has 0 radical (unpaired) electrons. The Bertz CT molecular complexity index is 830. The van der Waals surface area contributed by atoms with Crippen LogP contribution < -0.4 is 0 Å². The number of rotatable bonds is 6. The predicted octanol–water partition coefficient (Wildman–Crippen LogP) is 6.67. The van der Waals surface area contributed by atoms with Crippen molar-refractivity contribution < 1.29 is 9.59 Å². The molecule has 2 atom stereocenters. The van der Waals surface area contributed by atoms with E-state index in [0.29, 0.717) is 11.1 Å². The van der Waals surface area contributed by atoms with Crippen LogP contribution in [-0.4, -0.2) is 16.7 Å². The Balaban J connectivity index is 2.73. The highest BCUT2D eigenvalue weighted by Gasteiger charge is 2.48. The van der Waals surface area contributed by atoms with Gasteiger partial charge in [0.15, 0.2) is 11.6 Å². The second-order valence-corrected chi connectivity index (χ2v) is 10.6. The number of carbonyl (C=O) groups is 2. The molecule has 0 fully saturated rings. The van der Waals surface area contributed by atoms with Crippen LogP contribution in [0.25, 0.3) is 0 Å². The van der Waals surface area contributed by atoms with E-state index in [1.807, 2.05) is 71.0 Å². The van der Waals surface area contributed by atoms with Crippen LogP contribution in [0.5, 0.6) is 0 Å². The number of hydrogen-bond acceptors (Lipinski definition) is 2. The first kappa shape index (κ1) is 23.5. The highest BCUT2D eigenvalue weighted by molar-refractivity contribution is 7.23. The van der Waals surface area contributed by atoms with Crippen molar-refractivity contribution in [2.45, 2.75) is 67.0 Å². The Kier molecular flexibility index (Phi) is 6.90. The third-order valence-corrected chi connectivity index (χ3v) is 6.96. The largest absolute Gasteiger partial charge is 0.293 e. The molecular formula is C26H35O2P. The van der Waals surface area contributed by atoms with Crippen molar-refractivity contribution in [3.8, 4) is 0 Å². The Morgan fingerprint density at radius 2 is 1.10 bits per heavy atom. The summed E-state index contributed by atoms with van der Waals surface area (Å²) in [7, 11) is 2.70. The standard InChI is InChI=1S/C26H35O2P/c1-16-11-9-12-17(2)21(16)23(27)26(29,20(5)15-25(6,7)8)24(28)22-18(3)13-10-14-19(22)4/h9-14,20H,15,29H2,1-8H3. The van der Waals surface area contributed by atoms with Crippen LogP contribution in [0.1, 0.15) is 77.1 Å². The van der Waals surface area contributed by atoms with Crippen molar-refractivity contribution in [3.05, 3.63) is 69.8 Å². The first-order valence-electron chi connectivity index (χ1n) is 10.3. The molecule has 2 nitrogen and oxygen atoms in total. The summed E-state index contributed by atoms with van der Waals surface area (Å²) in [5.74, 6) is -0.324. The van der Waals surface area contributed by atoms with Crippen LogP contribution in [-0.2, 0) is 0 Å². The lowest BCUT2D eigenvalue weighted by Crippen LogP contribution is -2.48. The van der Waals surface area contributed by atoms with Crippen LogP contribution in [0.2, 0.25) is 0 Å². The van der Waals surface area contributed by atoms with Gasteiger partial charge in [-0.3, -0.25) is 9.59 Å². The fraction of sp³-hybridized carbons (Fsp3) is 0.462. The molecule has 0 heterocycles. The third-order valence-electron chi connectivity index (χ3n) is 5.86. The van der Waals surface area contributed by atoms with Crippen molar-refractivity contribution in [3.63, 3.8) is 0 Å². The summed E-state index contributed by atoms with van der Waals surface area (Å²) in [6, 6.07) is 11.7. The number of aryl methyl sites for hydroxylation is 4. The van der Waals surface area contributed by atoms with Gasteiger partial charge in [0.25, 0.3) is 0 Å². The molecule has 29 heavy (non-hydrogen) atoms. The Hall–Kier alpha value is -1.79. The SMILES string of the molecule is Cc1cccc(C)c1C(=O)C(P)(C(=O)c1c(C)cccc1C)C(C)CC(C)(C)C. The highest BCUT2D eigenvalue weighted by Crippen LogP contribution is 2.43. The van der Waals surface area contributed by atoms with Gasteiger partial charge in [-0.2, -0.15) is 0 Å². The minimum absolute atomic E-state index is 0.00332. The van der Waals surface area contributed by atoms with E-state index in [1.54, 1.807) is 0 Å². The van der Waals surface area contributed by atoms with E-state index in [4.69, 9.17) is 0 Å². The van der Waals surface area contributed by atoms with Gasteiger partial charge in [0, 0.05) is 11.1 Å². The molecule has 2 aromatic carbocycles. The molecule has 2 aromatic rings. The summed E-state index contributed by atoms with van der Waals surface area (Å²) < 4.78 is 0. The summed E-state index contributed by atoms with van der Waals surface area (Å²) in [5, 5.41) is -1.21. The Morgan fingerprint density at radius 3 is 1.38 bits per heavy atom. The fourth-order valence-electron chi connectivity index (χ4n) is 4.39. The minimum atomic E-state index is -1.21. The first-order chi connectivity index (χ1) is 13.3. The summed E-state index contributed by atoms with van der Waals surface area (Å²) in [6.07, 6.45) is 0.768. The normalized spacial score (nSPS) is 13.3. The Labute approximate surface area is 178 Å². The van der Waals surface area contributed by atoms with Gasteiger partial charge in [-0.15, -0.1) is 9.24 Å². The number of hydrogen-bond donors (Lipinski definition) is 0. The number of benzene rings is 2. The van der Waals surface area contributed by atoms with Crippen molar-refractivity contribution in [1.82, 2.24) is 0 Å². The van der Waals surface area contributed by atoms with Gasteiger partial charge >= 0.3 is 0 Å². The third kappa shape index (κ3) is 4.69. The van der Waals surface area contributed by atoms with E-state index in [1.165, 1.54) is 0 Å². The smallest absolute Gasteiger partial charge is 0.181 e. The Morgan fingerprint density at radius 1 is 0.793 bits per heavy atom. The van der Waals surface area contributed by atoms with Crippen LogP contribution in [0.15, 0.2) is 36.4 Å². The zero-order chi connectivity index (χ0) is 22.1. The summed E-state index contributed by atoms with van der Waals surface area (Å²) >= 11 is 0. The average Bonchev–Trinajstić information content (AvgIpc) is 2.58. The van der Waals surface area contributed by atoms with Gasteiger partial charge in [0.1, 0.15) is 5.16 Å². The van der Waals surface area contributed by atoms with E-state index in [-0.39, 0.29) is 22.9 Å². The predicted molar refractivity (Wildman–Crippen MR) is 126 cm³/mol. The van der Waals surface area contributed by atoms with E-state index < -0.39 is 5.16 Å². The molecule has 0 aromatic heterocycles. The van der Waals surface area contributed by atoms with E-state index in [2.05, 4.69) is 30.0 Å². The summed E-state index contributed by atoms with van der Waals surface area (Å²) in [4.78, 5) is 28.1. The molecule has 3 heteroatoms. The van der Waals surface area contributed by atoms with Crippen molar-refractivity contribution in [2.24, 2.45) is 11.3 Å². The van der Waals surface area contributed by atoms with Crippen molar-refractivity contribution >= 4 is 20.8 Å². The topological polar surface area (TPSA) is 34.1 Å². The molecule has 0 aliphatic rings. The molecule has 2 unspecified atom stereocenters. The van der Waals surface area contributed by atoms with Crippen LogP contribution >= 0.6 is 9.24 Å². The molecule has 0 spiro atoms. The van der Waals surface area contributed by atoms with E-state index >= 15 is 0 Å². The lowest BCUT2D eigenvalue weighted by atomic mass is 9.71. The summed E-state index contributed by atoms with van der Waals surface area (Å²) in [6.45, 7) is 16.3. The van der Waals surface area contributed by atoms with Crippen LogP contribution in [0, 0.1) is 39.0 Å². The van der Waals surface area contributed by atoms with Gasteiger partial charge in [-0.1, -0.05) is 64.1 Å². The number of Topliss-reactive ketones (excluding diaryl/α,β-unsaturated/α-hetero) is 2. The lowest BCUT2D eigenvalue weighted by Gasteiger charge is -2.37. The molecule has 2 rings (SSSR count). The zero-order valence-corrected chi connectivity index (χ0v) is 20.3. The van der Waals surface area contributed by atoms with Gasteiger partial charge in [-0.05, 0) is 67.7 Å². The minimum Gasteiger partial charge on any atom is -0.293 e. The monoisotopic (exact) mass is 410 g/mol. The molecule has 0 aliphatic heterocycles. The second kappa shape index (κ2) is 8.52. The maximum Gasteiger partial charge on any atom is 0.181 e. The molecule has 0 aliphatic carbocycles. The van der Waals surface area contributed by atoms with Gasteiger partial charge in [0.2, 0.25) is 0 Å². The maximum atomic E-state index is 14.0. The zero-order valence-electron chi connectivity index (χ0n) is 19.1. The lowest BCUT2D eigenvalue weighted by molar-refractivity contribution is 0.0774. The molecule has 0 bridgehead atoms. The van der Waals surface area contributed by atoms with Crippen molar-refractivity contribution in [1.29, 1.82) is 0 Å². The summed E-state index contributed by atoms with van der Waals surface area (Å²) in [5.41, 5.74) is 5.01. The molecule has 0 saturated heterocycles. The van der Waals surface area contributed by atoms with Gasteiger partial charge in [0.05, 0.1) is 0 Å². The highest BCUT2D eigenvalue weighted by atomic mass is 31.0. The molecule has 0 N–H and O–H groups in total. The van der Waals surface area contributed by atoms with Gasteiger partial charge < -0.3 is 0 Å². The molecule has 0 saturated carbocycles. The van der Waals surface area contributed by atoms with E-state index in [9.17, 15) is 9.59 Å². The first-order valence-corrected chi connectivity index (χ1v) is 10.9. The molecule has 156 valence electrons. The number of ketones is 2.